The van der Waals surface area contributed by atoms with Crippen molar-refractivity contribution in [3.05, 3.63) is 29.8 Å². The van der Waals surface area contributed by atoms with Crippen molar-refractivity contribution in [2.24, 2.45) is 0 Å². The van der Waals surface area contributed by atoms with Crippen molar-refractivity contribution in [2.75, 3.05) is 13.1 Å². The molecule has 0 unspecified atom stereocenters. The van der Waals surface area contributed by atoms with Crippen molar-refractivity contribution in [1.82, 2.24) is 4.90 Å². The van der Waals surface area contributed by atoms with Crippen molar-refractivity contribution >= 4 is 5.78 Å². The van der Waals surface area contributed by atoms with Crippen molar-refractivity contribution in [3.8, 4) is 5.75 Å². The monoisotopic (exact) mass is 275 g/mol. The summed E-state index contributed by atoms with van der Waals surface area (Å²) in [5, 5.41) is 0. The van der Waals surface area contributed by atoms with Gasteiger partial charge in [0.05, 0.1) is 17.2 Å². The first-order valence-corrected chi connectivity index (χ1v) is 7.48. The highest BCUT2D eigenvalue weighted by atomic mass is 16.5. The summed E-state index contributed by atoms with van der Waals surface area (Å²) < 4.78 is 5.78. The number of ether oxygens (including phenoxy) is 1. The molecule has 3 heteroatoms. The lowest BCUT2D eigenvalue weighted by molar-refractivity contribution is 0.0697. The molecule has 1 fully saturated rings. The van der Waals surface area contributed by atoms with Crippen LogP contribution in [0.5, 0.6) is 5.75 Å². The highest BCUT2D eigenvalue weighted by molar-refractivity contribution is 6.04. The van der Waals surface area contributed by atoms with Gasteiger partial charge in [-0.3, -0.25) is 9.69 Å². The molecule has 0 bridgehead atoms. The summed E-state index contributed by atoms with van der Waals surface area (Å²) in [7, 11) is 0. The molecule has 0 N–H and O–H groups in total. The fourth-order valence-electron chi connectivity index (χ4n) is 2.76. The normalized spacial score (nSPS) is 16.6. The fraction of sp³-hybridized carbons (Fsp3) is 0.588. The number of para-hydroxylation sites is 1. The van der Waals surface area contributed by atoms with E-state index in [9.17, 15) is 4.79 Å². The summed E-state index contributed by atoms with van der Waals surface area (Å²) in [6.45, 7) is 10.0. The third-order valence-electron chi connectivity index (χ3n) is 3.95. The van der Waals surface area contributed by atoms with Gasteiger partial charge in [0.15, 0.2) is 5.78 Å². The van der Waals surface area contributed by atoms with Crippen molar-refractivity contribution in [1.29, 1.82) is 0 Å². The quantitative estimate of drug-likeness (QED) is 0.770. The zero-order valence-corrected chi connectivity index (χ0v) is 13.0. The number of rotatable bonds is 5. The predicted octanol–water partition coefficient (Wildman–Crippen LogP) is 3.53. The average Bonchev–Trinajstić information content (AvgIpc) is 2.92. The van der Waals surface area contributed by atoms with Gasteiger partial charge in [-0.1, -0.05) is 12.1 Å². The molecule has 1 saturated heterocycles. The van der Waals surface area contributed by atoms with Crippen LogP contribution in [0.25, 0.3) is 0 Å². The zero-order valence-electron chi connectivity index (χ0n) is 13.0. The van der Waals surface area contributed by atoms with Crippen LogP contribution in [0.1, 0.15) is 50.9 Å². The first kappa shape index (κ1) is 15.0. The fourth-order valence-corrected chi connectivity index (χ4v) is 2.76. The molecule has 1 heterocycles. The highest BCUT2D eigenvalue weighted by Gasteiger charge is 2.37. The first-order valence-electron chi connectivity index (χ1n) is 7.48. The standard InChI is InChI=1S/C17H25NO2/c1-13(2)20-15-10-6-5-9-14(15)16(19)17(3,4)18-11-7-8-12-18/h5-6,9-10,13H,7-8,11-12H2,1-4H3. The Morgan fingerprint density at radius 3 is 2.40 bits per heavy atom. The summed E-state index contributed by atoms with van der Waals surface area (Å²) in [6.07, 6.45) is 2.43. The van der Waals surface area contributed by atoms with E-state index >= 15 is 0 Å². The number of hydrogen-bond donors (Lipinski definition) is 0. The van der Waals surface area contributed by atoms with E-state index in [4.69, 9.17) is 4.74 Å². The van der Waals surface area contributed by atoms with E-state index in [2.05, 4.69) is 4.90 Å². The molecule has 2 rings (SSSR count). The molecule has 0 saturated carbocycles. The molecule has 0 spiro atoms. The predicted molar refractivity (Wildman–Crippen MR) is 81.4 cm³/mol. The summed E-state index contributed by atoms with van der Waals surface area (Å²) in [5.74, 6) is 0.843. The summed E-state index contributed by atoms with van der Waals surface area (Å²) in [5.41, 5.74) is 0.227. The van der Waals surface area contributed by atoms with E-state index in [-0.39, 0.29) is 11.9 Å². The molecule has 1 aliphatic heterocycles. The Balaban J connectivity index is 2.28. The van der Waals surface area contributed by atoms with E-state index < -0.39 is 5.54 Å². The number of benzene rings is 1. The van der Waals surface area contributed by atoms with Crippen LogP contribution in [0.15, 0.2) is 24.3 Å². The molecule has 0 aliphatic carbocycles. The van der Waals surface area contributed by atoms with Gasteiger partial charge in [0, 0.05) is 0 Å². The number of hydrogen-bond acceptors (Lipinski definition) is 3. The maximum absolute atomic E-state index is 12.9. The van der Waals surface area contributed by atoms with E-state index in [1.165, 1.54) is 12.8 Å². The molecule has 0 amide bonds. The van der Waals surface area contributed by atoms with E-state index in [0.29, 0.717) is 11.3 Å². The highest BCUT2D eigenvalue weighted by Crippen LogP contribution is 2.29. The number of carbonyl (C=O) groups excluding carboxylic acids is 1. The Morgan fingerprint density at radius 2 is 1.80 bits per heavy atom. The zero-order chi connectivity index (χ0) is 14.8. The Labute approximate surface area is 121 Å². The van der Waals surface area contributed by atoms with Gasteiger partial charge >= 0.3 is 0 Å². The second-order valence-electron chi connectivity index (χ2n) is 6.25. The molecule has 1 aliphatic rings. The van der Waals surface area contributed by atoms with Gasteiger partial charge in [0.2, 0.25) is 0 Å². The average molecular weight is 275 g/mol. The van der Waals surface area contributed by atoms with E-state index in [0.717, 1.165) is 13.1 Å². The Bertz CT molecular complexity index is 474. The first-order chi connectivity index (χ1) is 9.43. The Kier molecular flexibility index (Phi) is 4.48. The summed E-state index contributed by atoms with van der Waals surface area (Å²) in [6, 6.07) is 7.57. The van der Waals surface area contributed by atoms with Crippen LogP contribution in [0.2, 0.25) is 0 Å². The number of Topliss-reactive ketones (excluding diaryl/α,β-unsaturated/α-hetero) is 1. The molecule has 1 aromatic carbocycles. The molecule has 110 valence electrons. The number of nitrogens with zero attached hydrogens (tertiary/aromatic N) is 1. The lowest BCUT2D eigenvalue weighted by Crippen LogP contribution is -2.48. The molecular weight excluding hydrogens is 250 g/mol. The van der Waals surface area contributed by atoms with Crippen LogP contribution < -0.4 is 4.74 Å². The minimum atomic E-state index is -0.465. The van der Waals surface area contributed by atoms with Gasteiger partial charge in [-0.2, -0.15) is 0 Å². The number of ketones is 1. The van der Waals surface area contributed by atoms with Gasteiger partial charge in [-0.15, -0.1) is 0 Å². The van der Waals surface area contributed by atoms with Gasteiger partial charge in [0.25, 0.3) is 0 Å². The Hall–Kier alpha value is -1.35. The third-order valence-corrected chi connectivity index (χ3v) is 3.95. The molecule has 0 aromatic heterocycles. The van der Waals surface area contributed by atoms with Crippen LogP contribution in [-0.2, 0) is 0 Å². The van der Waals surface area contributed by atoms with Gasteiger partial charge in [-0.05, 0) is 65.8 Å². The lowest BCUT2D eigenvalue weighted by Gasteiger charge is -2.34. The van der Waals surface area contributed by atoms with Crippen LogP contribution in [-0.4, -0.2) is 35.4 Å². The van der Waals surface area contributed by atoms with E-state index in [1.54, 1.807) is 0 Å². The maximum atomic E-state index is 12.9. The lowest BCUT2D eigenvalue weighted by atomic mass is 9.91. The molecular formula is C17H25NO2. The van der Waals surface area contributed by atoms with Crippen LogP contribution in [0, 0.1) is 0 Å². The third kappa shape index (κ3) is 3.04. The van der Waals surface area contributed by atoms with Crippen LogP contribution in [0.4, 0.5) is 0 Å². The molecule has 1 aromatic rings. The van der Waals surface area contributed by atoms with E-state index in [1.807, 2.05) is 52.0 Å². The maximum Gasteiger partial charge on any atom is 0.186 e. The van der Waals surface area contributed by atoms with Crippen LogP contribution >= 0.6 is 0 Å². The minimum Gasteiger partial charge on any atom is -0.490 e. The second-order valence-corrected chi connectivity index (χ2v) is 6.25. The smallest absolute Gasteiger partial charge is 0.186 e. The van der Waals surface area contributed by atoms with Crippen molar-refractivity contribution < 1.29 is 9.53 Å². The molecule has 0 atom stereocenters. The largest absolute Gasteiger partial charge is 0.490 e. The summed E-state index contributed by atoms with van der Waals surface area (Å²) >= 11 is 0. The van der Waals surface area contributed by atoms with Crippen LogP contribution in [0.3, 0.4) is 0 Å². The van der Waals surface area contributed by atoms with Gasteiger partial charge in [-0.25, -0.2) is 0 Å². The van der Waals surface area contributed by atoms with Gasteiger partial charge < -0.3 is 4.74 Å². The van der Waals surface area contributed by atoms with Crippen molar-refractivity contribution in [3.63, 3.8) is 0 Å². The molecule has 20 heavy (non-hydrogen) atoms. The van der Waals surface area contributed by atoms with Gasteiger partial charge in [0.1, 0.15) is 5.75 Å². The topological polar surface area (TPSA) is 29.5 Å². The minimum absolute atomic E-state index is 0.0684. The molecule has 0 radical (unpaired) electrons. The Morgan fingerprint density at radius 1 is 1.20 bits per heavy atom. The van der Waals surface area contributed by atoms with Crippen molar-refractivity contribution in [2.45, 2.75) is 52.2 Å². The summed E-state index contributed by atoms with van der Waals surface area (Å²) in [4.78, 5) is 15.2. The number of carbonyl (C=O) groups is 1. The number of likely N-dealkylation sites (tertiary alicyclic amines) is 1. The SMILES string of the molecule is CC(C)Oc1ccccc1C(=O)C(C)(C)N1CCCC1. The second kappa shape index (κ2) is 5.96. The molecule has 3 nitrogen and oxygen atoms in total.